The highest BCUT2D eigenvalue weighted by Crippen LogP contribution is 2.55. The summed E-state index contributed by atoms with van der Waals surface area (Å²) >= 11 is 17.4. The lowest BCUT2D eigenvalue weighted by Crippen LogP contribution is -2.61. The standard InChI is InChI=1S/C18H20Cl2N2OS/c19-13-1-2-14(15(20)6-13)16(23)21-17(24)22-18-7-10-3-11(8-18)5-12(4-10)9-18/h1-2,6,10-12H,3-5,7-9H2,(H2,21,22,23,24). The molecule has 0 saturated heterocycles. The first kappa shape index (κ1) is 16.6. The molecule has 1 aromatic carbocycles. The summed E-state index contributed by atoms with van der Waals surface area (Å²) in [6, 6.07) is 4.83. The van der Waals surface area contributed by atoms with Crippen LogP contribution in [0, 0.1) is 17.8 Å². The van der Waals surface area contributed by atoms with E-state index in [-0.39, 0.29) is 11.4 Å². The number of amides is 1. The number of rotatable bonds is 2. The third-order valence-electron chi connectivity index (χ3n) is 5.82. The monoisotopic (exact) mass is 382 g/mol. The van der Waals surface area contributed by atoms with Crippen LogP contribution in [0.5, 0.6) is 0 Å². The van der Waals surface area contributed by atoms with Crippen LogP contribution >= 0.6 is 35.4 Å². The van der Waals surface area contributed by atoms with Gasteiger partial charge in [0.05, 0.1) is 10.6 Å². The third kappa shape index (κ3) is 3.16. The van der Waals surface area contributed by atoms with Crippen molar-refractivity contribution in [1.29, 1.82) is 0 Å². The molecule has 4 aliphatic carbocycles. The summed E-state index contributed by atoms with van der Waals surface area (Å²) in [6.45, 7) is 0. The maximum absolute atomic E-state index is 12.4. The minimum absolute atomic E-state index is 0.0862. The first-order valence-electron chi connectivity index (χ1n) is 8.51. The summed E-state index contributed by atoms with van der Waals surface area (Å²) in [7, 11) is 0. The lowest BCUT2D eigenvalue weighted by molar-refractivity contribution is -0.0101. The topological polar surface area (TPSA) is 41.1 Å². The van der Waals surface area contributed by atoms with Crippen LogP contribution in [0.1, 0.15) is 48.9 Å². The zero-order chi connectivity index (χ0) is 16.9. The van der Waals surface area contributed by atoms with E-state index in [1.165, 1.54) is 38.5 Å². The summed E-state index contributed by atoms with van der Waals surface area (Å²) in [6.07, 6.45) is 7.66. The zero-order valence-electron chi connectivity index (χ0n) is 13.3. The van der Waals surface area contributed by atoms with Gasteiger partial charge in [-0.3, -0.25) is 10.1 Å². The molecule has 4 bridgehead atoms. The van der Waals surface area contributed by atoms with Crippen molar-refractivity contribution in [2.24, 2.45) is 17.8 Å². The number of carbonyl (C=O) groups excluding carboxylic acids is 1. The Kier molecular flexibility index (Phi) is 4.26. The molecule has 0 spiro atoms. The molecular formula is C18H20Cl2N2OS. The fraction of sp³-hybridized carbons (Fsp3) is 0.556. The van der Waals surface area contributed by atoms with E-state index < -0.39 is 0 Å². The van der Waals surface area contributed by atoms with E-state index in [1.54, 1.807) is 18.2 Å². The highest BCUT2D eigenvalue weighted by molar-refractivity contribution is 7.80. The molecule has 4 saturated carbocycles. The summed E-state index contributed by atoms with van der Waals surface area (Å²) in [5.74, 6) is 2.19. The molecule has 0 heterocycles. The smallest absolute Gasteiger partial charge is 0.258 e. The van der Waals surface area contributed by atoms with E-state index in [0.29, 0.717) is 20.7 Å². The molecule has 0 radical (unpaired) electrons. The van der Waals surface area contributed by atoms with Crippen molar-refractivity contribution in [2.45, 2.75) is 44.1 Å². The van der Waals surface area contributed by atoms with Crippen molar-refractivity contribution in [1.82, 2.24) is 10.6 Å². The van der Waals surface area contributed by atoms with Gasteiger partial charge < -0.3 is 5.32 Å². The number of carbonyl (C=O) groups is 1. The van der Waals surface area contributed by atoms with Gasteiger partial charge >= 0.3 is 0 Å². The van der Waals surface area contributed by atoms with Crippen LogP contribution in [0.4, 0.5) is 0 Å². The van der Waals surface area contributed by atoms with Gasteiger partial charge in [0.25, 0.3) is 5.91 Å². The number of halogens is 2. The van der Waals surface area contributed by atoms with Gasteiger partial charge in [-0.1, -0.05) is 23.2 Å². The first-order valence-corrected chi connectivity index (χ1v) is 9.67. The Morgan fingerprint density at radius 1 is 1.08 bits per heavy atom. The second-order valence-corrected chi connectivity index (χ2v) is 8.98. The molecule has 24 heavy (non-hydrogen) atoms. The summed E-state index contributed by atoms with van der Waals surface area (Å²) in [4.78, 5) is 12.4. The van der Waals surface area contributed by atoms with Gasteiger partial charge in [-0.25, -0.2) is 0 Å². The molecule has 1 aromatic rings. The second-order valence-electron chi connectivity index (χ2n) is 7.73. The van der Waals surface area contributed by atoms with E-state index in [1.807, 2.05) is 0 Å². The van der Waals surface area contributed by atoms with E-state index in [2.05, 4.69) is 10.6 Å². The Labute approximate surface area is 157 Å². The predicted octanol–water partition coefficient (Wildman–Crippen LogP) is 4.57. The summed E-state index contributed by atoms with van der Waals surface area (Å²) < 4.78 is 0. The Balaban J connectivity index is 1.42. The van der Waals surface area contributed by atoms with Crippen molar-refractivity contribution in [2.75, 3.05) is 0 Å². The van der Waals surface area contributed by atoms with Crippen molar-refractivity contribution >= 4 is 46.4 Å². The van der Waals surface area contributed by atoms with Crippen molar-refractivity contribution in [3.63, 3.8) is 0 Å². The van der Waals surface area contributed by atoms with E-state index >= 15 is 0 Å². The SMILES string of the molecule is O=C(NC(=S)NC12CC3CC(CC(C3)C1)C2)c1ccc(Cl)cc1Cl. The number of hydrogen-bond acceptors (Lipinski definition) is 2. The fourth-order valence-electron chi connectivity index (χ4n) is 5.38. The van der Waals surface area contributed by atoms with Gasteiger partial charge in [0.1, 0.15) is 0 Å². The first-order chi connectivity index (χ1) is 11.4. The molecule has 6 heteroatoms. The third-order valence-corrected chi connectivity index (χ3v) is 6.57. The highest BCUT2D eigenvalue weighted by Gasteiger charge is 2.51. The maximum atomic E-state index is 12.4. The average Bonchev–Trinajstić information content (AvgIpc) is 2.44. The van der Waals surface area contributed by atoms with E-state index in [0.717, 1.165) is 17.8 Å². The Hall–Kier alpha value is -0.840. The molecule has 4 fully saturated rings. The minimum atomic E-state index is -0.293. The van der Waals surface area contributed by atoms with Crippen LogP contribution in [0.25, 0.3) is 0 Å². The van der Waals surface area contributed by atoms with Crippen LogP contribution in [0.2, 0.25) is 10.0 Å². The number of thiocarbonyl (C=S) groups is 1. The average molecular weight is 383 g/mol. The Morgan fingerprint density at radius 3 is 2.21 bits per heavy atom. The summed E-state index contributed by atoms with van der Waals surface area (Å²) in [5.41, 5.74) is 0.471. The van der Waals surface area contributed by atoms with Gasteiger partial charge in [-0.05, 0) is 86.7 Å². The Bertz CT molecular complexity index is 671. The van der Waals surface area contributed by atoms with Gasteiger partial charge in [0, 0.05) is 10.6 Å². The fourth-order valence-corrected chi connectivity index (χ4v) is 6.18. The van der Waals surface area contributed by atoms with Crippen LogP contribution in [0.15, 0.2) is 18.2 Å². The molecule has 0 unspecified atom stereocenters. The molecule has 2 N–H and O–H groups in total. The van der Waals surface area contributed by atoms with Crippen molar-refractivity contribution < 1.29 is 4.79 Å². The van der Waals surface area contributed by atoms with Crippen LogP contribution in [-0.4, -0.2) is 16.6 Å². The number of hydrogen-bond donors (Lipinski definition) is 2. The Morgan fingerprint density at radius 2 is 1.67 bits per heavy atom. The second kappa shape index (κ2) is 6.15. The predicted molar refractivity (Wildman–Crippen MR) is 101 cm³/mol. The summed E-state index contributed by atoms with van der Waals surface area (Å²) in [5, 5.41) is 7.52. The molecule has 0 aromatic heterocycles. The van der Waals surface area contributed by atoms with Crippen LogP contribution < -0.4 is 10.6 Å². The molecule has 4 aliphatic rings. The minimum Gasteiger partial charge on any atom is -0.357 e. The zero-order valence-corrected chi connectivity index (χ0v) is 15.6. The lowest BCUT2D eigenvalue weighted by Gasteiger charge is -2.57. The normalized spacial score (nSPS) is 33.3. The lowest BCUT2D eigenvalue weighted by atomic mass is 9.53. The quantitative estimate of drug-likeness (QED) is 0.736. The van der Waals surface area contributed by atoms with Gasteiger partial charge in [0.2, 0.25) is 0 Å². The molecule has 1 amide bonds. The van der Waals surface area contributed by atoms with Crippen LogP contribution in [-0.2, 0) is 0 Å². The molecule has 128 valence electrons. The van der Waals surface area contributed by atoms with Gasteiger partial charge in [0.15, 0.2) is 5.11 Å². The van der Waals surface area contributed by atoms with Crippen molar-refractivity contribution in [3.8, 4) is 0 Å². The number of benzene rings is 1. The highest BCUT2D eigenvalue weighted by atomic mass is 35.5. The number of nitrogens with one attached hydrogen (secondary N) is 2. The molecule has 0 aliphatic heterocycles. The molecule has 0 atom stereocenters. The van der Waals surface area contributed by atoms with E-state index in [9.17, 15) is 4.79 Å². The van der Waals surface area contributed by atoms with Gasteiger partial charge in [-0.2, -0.15) is 0 Å². The van der Waals surface area contributed by atoms with E-state index in [4.69, 9.17) is 35.4 Å². The van der Waals surface area contributed by atoms with Crippen molar-refractivity contribution in [3.05, 3.63) is 33.8 Å². The molecule has 5 rings (SSSR count). The maximum Gasteiger partial charge on any atom is 0.258 e. The molecule has 3 nitrogen and oxygen atoms in total. The largest absolute Gasteiger partial charge is 0.357 e. The van der Waals surface area contributed by atoms with Crippen LogP contribution in [0.3, 0.4) is 0 Å². The van der Waals surface area contributed by atoms with Gasteiger partial charge in [-0.15, -0.1) is 0 Å². The molecular weight excluding hydrogens is 363 g/mol.